The molecule has 4 heterocycles. The van der Waals surface area contributed by atoms with Crippen molar-refractivity contribution in [2.75, 3.05) is 33.4 Å². The van der Waals surface area contributed by atoms with Crippen LogP contribution < -0.4 is 5.56 Å². The Kier molecular flexibility index (Phi) is 6.00. The molecule has 1 amide bonds. The Labute approximate surface area is 200 Å². The second kappa shape index (κ2) is 8.96. The average molecular weight is 461 g/mol. The number of carbonyl (C=O) groups is 1. The number of carbonyl (C=O) groups excluding carboxylic acids is 1. The zero-order chi connectivity index (χ0) is 23.9. The van der Waals surface area contributed by atoms with Gasteiger partial charge >= 0.3 is 0 Å². The van der Waals surface area contributed by atoms with Crippen LogP contribution in [-0.2, 0) is 36.1 Å². The summed E-state index contributed by atoms with van der Waals surface area (Å²) in [5, 5.41) is 1.05. The van der Waals surface area contributed by atoms with Crippen LogP contribution in [0.3, 0.4) is 0 Å². The summed E-state index contributed by atoms with van der Waals surface area (Å²) in [5.41, 5.74) is 4.91. The number of ether oxygens (including phenoxy) is 1. The number of likely N-dealkylation sites (tertiary alicyclic amines) is 1. The van der Waals surface area contributed by atoms with E-state index in [1.165, 1.54) is 0 Å². The maximum Gasteiger partial charge on any atom is 0.250 e. The summed E-state index contributed by atoms with van der Waals surface area (Å²) in [6.45, 7) is 6.03. The topological polar surface area (TPSA) is 67.7 Å². The predicted octanol–water partition coefficient (Wildman–Crippen LogP) is 2.67. The monoisotopic (exact) mass is 460 g/mol. The van der Waals surface area contributed by atoms with Crippen molar-refractivity contribution < 1.29 is 9.53 Å². The lowest BCUT2D eigenvalue weighted by molar-refractivity contribution is -0.145. The van der Waals surface area contributed by atoms with Crippen LogP contribution in [0.1, 0.15) is 28.8 Å². The molecule has 34 heavy (non-hydrogen) atoms. The van der Waals surface area contributed by atoms with Gasteiger partial charge in [-0.3, -0.25) is 19.5 Å². The van der Waals surface area contributed by atoms with Gasteiger partial charge in [0.2, 0.25) is 5.91 Å². The van der Waals surface area contributed by atoms with Crippen molar-refractivity contribution in [3.8, 4) is 0 Å². The molecular weight excluding hydrogens is 428 g/mol. The summed E-state index contributed by atoms with van der Waals surface area (Å²) in [7, 11) is 3.49. The van der Waals surface area contributed by atoms with E-state index in [0.29, 0.717) is 26.2 Å². The molecule has 0 aliphatic carbocycles. The first-order valence-corrected chi connectivity index (χ1v) is 11.9. The summed E-state index contributed by atoms with van der Waals surface area (Å²) in [6.07, 6.45) is 3.48. The largest absolute Gasteiger partial charge is 0.384 e. The number of pyridine rings is 2. The molecule has 0 N–H and O–H groups in total. The van der Waals surface area contributed by atoms with E-state index in [1.807, 2.05) is 24.1 Å². The number of benzene rings is 1. The molecule has 2 aliphatic heterocycles. The number of aryl methyl sites for hydroxylation is 2. The molecule has 0 saturated carbocycles. The van der Waals surface area contributed by atoms with Crippen LogP contribution >= 0.6 is 0 Å². The zero-order valence-corrected chi connectivity index (χ0v) is 20.2. The Balaban J connectivity index is 1.34. The molecule has 7 heteroatoms. The molecule has 1 saturated heterocycles. The van der Waals surface area contributed by atoms with Gasteiger partial charge in [0.15, 0.2) is 0 Å². The van der Waals surface area contributed by atoms with Crippen LogP contribution in [0, 0.1) is 12.3 Å². The van der Waals surface area contributed by atoms with Crippen LogP contribution in [0.25, 0.3) is 10.9 Å². The summed E-state index contributed by atoms with van der Waals surface area (Å²) < 4.78 is 7.28. The highest BCUT2D eigenvalue weighted by Crippen LogP contribution is 2.35. The van der Waals surface area contributed by atoms with Gasteiger partial charge in [0.1, 0.15) is 0 Å². The highest BCUT2D eigenvalue weighted by Gasteiger charge is 2.47. The summed E-state index contributed by atoms with van der Waals surface area (Å²) in [4.78, 5) is 34.8. The van der Waals surface area contributed by atoms with Crippen molar-refractivity contribution in [2.24, 2.45) is 12.5 Å². The Morgan fingerprint density at radius 3 is 2.82 bits per heavy atom. The van der Waals surface area contributed by atoms with Gasteiger partial charge < -0.3 is 14.2 Å². The molecule has 0 unspecified atom stereocenters. The fourth-order valence-corrected chi connectivity index (χ4v) is 5.55. The highest BCUT2D eigenvalue weighted by molar-refractivity contribution is 5.84. The van der Waals surface area contributed by atoms with E-state index in [1.54, 1.807) is 24.8 Å². The van der Waals surface area contributed by atoms with Crippen molar-refractivity contribution in [2.45, 2.75) is 32.9 Å². The minimum absolute atomic E-state index is 0.0102. The molecular formula is C27H32N4O3. The van der Waals surface area contributed by atoms with Gasteiger partial charge in [-0.1, -0.05) is 18.2 Å². The maximum absolute atomic E-state index is 13.8. The van der Waals surface area contributed by atoms with Crippen LogP contribution in [-0.4, -0.2) is 58.6 Å². The lowest BCUT2D eigenvalue weighted by Crippen LogP contribution is -2.49. The quantitative estimate of drug-likeness (QED) is 0.586. The third kappa shape index (κ3) is 4.14. The molecule has 1 atom stereocenters. The normalized spacial score (nSPS) is 20.6. The zero-order valence-electron chi connectivity index (χ0n) is 20.2. The first kappa shape index (κ1) is 22.7. The molecule has 178 valence electrons. The number of amides is 1. The number of methoxy groups -OCH3 is 1. The Morgan fingerprint density at radius 2 is 2.00 bits per heavy atom. The lowest BCUT2D eigenvalue weighted by Gasteiger charge is -2.36. The number of hydrogen-bond acceptors (Lipinski definition) is 5. The van der Waals surface area contributed by atoms with Gasteiger partial charge in [0.05, 0.1) is 17.5 Å². The molecule has 7 nitrogen and oxygen atoms in total. The second-order valence-electron chi connectivity index (χ2n) is 9.89. The number of rotatable bonds is 5. The SMILES string of the molecule is COC[C@@]1(C(=O)N2CCc3ncc(C)cc3C2)CCN(Cc2ccc3ccc(=O)n(C)c3c2)C1. The molecule has 0 bridgehead atoms. The van der Waals surface area contributed by atoms with E-state index in [-0.39, 0.29) is 11.5 Å². The highest BCUT2D eigenvalue weighted by atomic mass is 16.5. The average Bonchev–Trinajstić information content (AvgIpc) is 3.24. The molecule has 0 spiro atoms. The van der Waals surface area contributed by atoms with Crippen molar-refractivity contribution in [3.63, 3.8) is 0 Å². The Morgan fingerprint density at radius 1 is 1.18 bits per heavy atom. The number of aromatic nitrogens is 2. The number of fused-ring (bicyclic) bond motifs is 2. The third-order valence-electron chi connectivity index (χ3n) is 7.37. The minimum atomic E-state index is -0.535. The molecule has 1 aromatic carbocycles. The Bertz CT molecular complexity index is 1300. The first-order valence-electron chi connectivity index (χ1n) is 11.9. The van der Waals surface area contributed by atoms with E-state index in [2.05, 4.69) is 34.1 Å². The van der Waals surface area contributed by atoms with Crippen molar-refractivity contribution in [1.29, 1.82) is 0 Å². The van der Waals surface area contributed by atoms with Gasteiger partial charge in [-0.25, -0.2) is 0 Å². The van der Waals surface area contributed by atoms with Crippen molar-refractivity contribution in [3.05, 3.63) is 75.3 Å². The van der Waals surface area contributed by atoms with Crippen LogP contribution in [0.15, 0.2) is 47.4 Å². The standard InChI is InChI=1S/C27H32N4O3/c1-19-12-22-16-31(10-8-23(22)28-14-19)26(33)27(18-34-3)9-11-30(17-27)15-20-4-5-21-6-7-25(32)29(2)24(21)13-20/h4-7,12-14H,8-11,15-18H2,1-3H3/t27-/m1/s1. The number of nitrogens with zero attached hydrogens (tertiary/aromatic N) is 4. The van der Waals surface area contributed by atoms with E-state index >= 15 is 0 Å². The second-order valence-corrected chi connectivity index (χ2v) is 9.89. The summed E-state index contributed by atoms with van der Waals surface area (Å²) >= 11 is 0. The summed E-state index contributed by atoms with van der Waals surface area (Å²) in [6, 6.07) is 11.9. The lowest BCUT2D eigenvalue weighted by atomic mass is 9.85. The maximum atomic E-state index is 13.8. The fourth-order valence-electron chi connectivity index (χ4n) is 5.55. The van der Waals surface area contributed by atoms with Gasteiger partial charge in [-0.05, 0) is 54.1 Å². The van der Waals surface area contributed by atoms with Crippen molar-refractivity contribution in [1.82, 2.24) is 19.4 Å². The Hall–Kier alpha value is -3.03. The first-order chi connectivity index (χ1) is 16.4. The molecule has 3 aromatic rings. The van der Waals surface area contributed by atoms with Crippen LogP contribution in [0.2, 0.25) is 0 Å². The number of hydrogen-bond donors (Lipinski definition) is 0. The van der Waals surface area contributed by atoms with Crippen molar-refractivity contribution >= 4 is 16.8 Å². The van der Waals surface area contributed by atoms with Gasteiger partial charge in [0, 0.05) is 64.7 Å². The minimum Gasteiger partial charge on any atom is -0.384 e. The van der Waals surface area contributed by atoms with E-state index < -0.39 is 5.41 Å². The smallest absolute Gasteiger partial charge is 0.250 e. The van der Waals surface area contributed by atoms with Gasteiger partial charge in [0.25, 0.3) is 5.56 Å². The summed E-state index contributed by atoms with van der Waals surface area (Å²) in [5.74, 6) is 0.185. The molecule has 5 rings (SSSR count). The van der Waals surface area contributed by atoms with E-state index in [0.717, 1.165) is 59.2 Å². The van der Waals surface area contributed by atoms with Crippen LogP contribution in [0.5, 0.6) is 0 Å². The van der Waals surface area contributed by atoms with Crippen LogP contribution in [0.4, 0.5) is 0 Å². The molecule has 2 aliphatic rings. The van der Waals surface area contributed by atoms with Gasteiger partial charge in [-0.15, -0.1) is 0 Å². The third-order valence-corrected chi connectivity index (χ3v) is 7.37. The fraction of sp³-hybridized carbons (Fsp3) is 0.444. The van der Waals surface area contributed by atoms with E-state index in [4.69, 9.17) is 4.74 Å². The van der Waals surface area contributed by atoms with E-state index in [9.17, 15) is 9.59 Å². The van der Waals surface area contributed by atoms with Gasteiger partial charge in [-0.2, -0.15) is 0 Å². The predicted molar refractivity (Wildman–Crippen MR) is 131 cm³/mol. The molecule has 2 aromatic heterocycles. The molecule has 0 radical (unpaired) electrons. The molecule has 1 fully saturated rings.